The van der Waals surface area contributed by atoms with Gasteiger partial charge in [-0.15, -0.1) is 0 Å². The van der Waals surface area contributed by atoms with Crippen molar-refractivity contribution in [3.8, 4) is 0 Å². The van der Waals surface area contributed by atoms with Gasteiger partial charge in [0.15, 0.2) is 5.11 Å². The van der Waals surface area contributed by atoms with E-state index in [9.17, 15) is 8.42 Å². The summed E-state index contributed by atoms with van der Waals surface area (Å²) in [5, 5.41) is 6.89. The van der Waals surface area contributed by atoms with Crippen LogP contribution in [0, 0.1) is 5.92 Å². The fourth-order valence-electron chi connectivity index (χ4n) is 3.14. The number of thiocarbonyl (C=S) groups is 1. The van der Waals surface area contributed by atoms with Crippen molar-refractivity contribution in [1.29, 1.82) is 0 Å². The molecule has 1 atom stereocenters. The van der Waals surface area contributed by atoms with Crippen LogP contribution >= 0.6 is 12.2 Å². The topological polar surface area (TPSA) is 64.7 Å². The Balaban J connectivity index is 1.75. The Kier molecular flexibility index (Phi) is 7.67. The van der Waals surface area contributed by atoms with E-state index in [4.69, 9.17) is 12.2 Å². The maximum absolute atomic E-state index is 11.7. The highest BCUT2D eigenvalue weighted by atomic mass is 32.2. The minimum Gasteiger partial charge on any atom is -0.362 e. The first-order valence-electron chi connectivity index (χ1n) is 9.07. The first-order valence-corrected chi connectivity index (χ1v) is 11.3. The molecular weight excluding hydrogens is 368 g/mol. The summed E-state index contributed by atoms with van der Waals surface area (Å²) < 4.78 is 24.6. The molecule has 0 spiro atoms. The average Bonchev–Trinajstić information content (AvgIpc) is 2.57. The van der Waals surface area contributed by atoms with Crippen LogP contribution in [0.25, 0.3) is 0 Å². The summed E-state index contributed by atoms with van der Waals surface area (Å²) in [6.07, 6.45) is 4.87. The zero-order chi connectivity index (χ0) is 19.2. The first-order chi connectivity index (χ1) is 12.3. The van der Waals surface area contributed by atoms with E-state index in [2.05, 4.69) is 22.5 Å². The fraction of sp³-hybridized carbons (Fsp3) is 0.611. The van der Waals surface area contributed by atoms with Crippen molar-refractivity contribution in [3.05, 3.63) is 24.3 Å². The van der Waals surface area contributed by atoms with Crippen LogP contribution in [0.4, 0.5) is 11.4 Å². The number of benzene rings is 1. The molecule has 146 valence electrons. The second kappa shape index (κ2) is 9.53. The maximum Gasteiger partial charge on any atom is 0.231 e. The van der Waals surface area contributed by atoms with E-state index in [1.165, 1.54) is 43.5 Å². The van der Waals surface area contributed by atoms with E-state index in [0.717, 1.165) is 31.1 Å². The van der Waals surface area contributed by atoms with E-state index < -0.39 is 10.0 Å². The molecule has 1 aliphatic heterocycles. The van der Waals surface area contributed by atoms with E-state index >= 15 is 0 Å². The van der Waals surface area contributed by atoms with Crippen molar-refractivity contribution in [2.45, 2.75) is 26.2 Å². The van der Waals surface area contributed by atoms with Crippen molar-refractivity contribution in [1.82, 2.24) is 10.2 Å². The van der Waals surface area contributed by atoms with E-state index in [1.807, 2.05) is 6.07 Å². The predicted molar refractivity (Wildman–Crippen MR) is 113 cm³/mol. The highest BCUT2D eigenvalue weighted by Crippen LogP contribution is 2.20. The predicted octanol–water partition coefficient (Wildman–Crippen LogP) is 2.49. The SMILES string of the molecule is CC1CCCN(CCCNC(=S)Nc2cccc(N(C)S(C)(=O)=O)c2)C1. The van der Waals surface area contributed by atoms with Gasteiger partial charge in [0.05, 0.1) is 11.9 Å². The number of nitrogens with zero attached hydrogens (tertiary/aromatic N) is 2. The monoisotopic (exact) mass is 398 g/mol. The third-order valence-electron chi connectivity index (χ3n) is 4.64. The third-order valence-corrected chi connectivity index (χ3v) is 6.10. The van der Waals surface area contributed by atoms with Gasteiger partial charge < -0.3 is 15.5 Å². The van der Waals surface area contributed by atoms with Gasteiger partial charge >= 0.3 is 0 Å². The highest BCUT2D eigenvalue weighted by Gasteiger charge is 2.15. The molecule has 6 nitrogen and oxygen atoms in total. The van der Waals surface area contributed by atoms with Crippen LogP contribution in [0.2, 0.25) is 0 Å². The molecule has 0 saturated carbocycles. The molecule has 0 aliphatic carbocycles. The van der Waals surface area contributed by atoms with Gasteiger partial charge in [0.2, 0.25) is 10.0 Å². The maximum atomic E-state index is 11.7. The molecule has 1 aromatic carbocycles. The van der Waals surface area contributed by atoms with Crippen LogP contribution < -0.4 is 14.9 Å². The van der Waals surface area contributed by atoms with Crippen molar-refractivity contribution in [2.24, 2.45) is 5.92 Å². The minimum absolute atomic E-state index is 0.552. The summed E-state index contributed by atoms with van der Waals surface area (Å²) in [6, 6.07) is 7.19. The Hall–Kier alpha value is -1.38. The van der Waals surface area contributed by atoms with Crippen molar-refractivity contribution < 1.29 is 8.42 Å². The second-order valence-electron chi connectivity index (χ2n) is 7.06. The Bertz CT molecular complexity index is 709. The van der Waals surface area contributed by atoms with Gasteiger partial charge in [0.25, 0.3) is 0 Å². The lowest BCUT2D eigenvalue weighted by atomic mass is 10.0. The Morgan fingerprint density at radius 1 is 1.42 bits per heavy atom. The van der Waals surface area contributed by atoms with Gasteiger partial charge in [-0.3, -0.25) is 4.31 Å². The number of nitrogens with one attached hydrogen (secondary N) is 2. The van der Waals surface area contributed by atoms with Crippen molar-refractivity contribution in [2.75, 3.05) is 49.1 Å². The normalized spacial score (nSPS) is 18.3. The second-order valence-corrected chi connectivity index (χ2v) is 9.49. The molecule has 1 saturated heterocycles. The number of hydrogen-bond acceptors (Lipinski definition) is 4. The molecule has 1 unspecified atom stereocenters. The van der Waals surface area contributed by atoms with Crippen LogP contribution in [0.5, 0.6) is 0 Å². The molecular formula is C18H30N4O2S2. The molecule has 0 radical (unpaired) electrons. The fourth-order valence-corrected chi connectivity index (χ4v) is 3.86. The smallest absolute Gasteiger partial charge is 0.231 e. The quantitative estimate of drug-likeness (QED) is 0.543. The molecule has 1 fully saturated rings. The molecule has 0 amide bonds. The third kappa shape index (κ3) is 6.74. The summed E-state index contributed by atoms with van der Waals surface area (Å²) in [7, 11) is -1.75. The summed E-state index contributed by atoms with van der Waals surface area (Å²) in [4.78, 5) is 2.52. The summed E-state index contributed by atoms with van der Waals surface area (Å²) in [5.41, 5.74) is 1.36. The Labute approximate surface area is 163 Å². The number of piperidine rings is 1. The molecule has 1 aliphatic rings. The lowest BCUT2D eigenvalue weighted by Crippen LogP contribution is -2.37. The number of anilines is 2. The van der Waals surface area contributed by atoms with Crippen LogP contribution in [-0.2, 0) is 10.0 Å². The molecule has 1 aromatic rings. The van der Waals surface area contributed by atoms with Crippen LogP contribution in [0.1, 0.15) is 26.2 Å². The van der Waals surface area contributed by atoms with Crippen LogP contribution in [-0.4, -0.2) is 57.9 Å². The summed E-state index contributed by atoms with van der Waals surface area (Å²) in [6.45, 7) is 6.63. The average molecular weight is 399 g/mol. The van der Waals surface area contributed by atoms with Crippen LogP contribution in [0.3, 0.4) is 0 Å². The molecule has 2 rings (SSSR count). The number of sulfonamides is 1. The van der Waals surface area contributed by atoms with E-state index in [-0.39, 0.29) is 0 Å². The van der Waals surface area contributed by atoms with Gasteiger partial charge in [-0.05, 0) is 68.7 Å². The zero-order valence-corrected chi connectivity index (χ0v) is 17.5. The standard InChI is InChI=1S/C18H30N4O2S2/c1-15-7-5-11-22(14-15)12-6-10-19-18(25)20-16-8-4-9-17(13-16)21(2)26(3,23)24/h4,8-9,13,15H,5-7,10-12,14H2,1-3H3,(H2,19,20,25). The molecule has 26 heavy (non-hydrogen) atoms. The van der Waals surface area contributed by atoms with Gasteiger partial charge in [-0.25, -0.2) is 8.42 Å². The Morgan fingerprint density at radius 3 is 2.88 bits per heavy atom. The zero-order valence-electron chi connectivity index (χ0n) is 15.9. The van der Waals surface area contributed by atoms with Crippen molar-refractivity contribution in [3.63, 3.8) is 0 Å². The minimum atomic E-state index is -3.28. The van der Waals surface area contributed by atoms with Crippen LogP contribution in [0.15, 0.2) is 24.3 Å². The number of rotatable bonds is 7. The highest BCUT2D eigenvalue weighted by molar-refractivity contribution is 7.92. The van der Waals surface area contributed by atoms with Crippen molar-refractivity contribution >= 4 is 38.7 Å². The number of likely N-dealkylation sites (tertiary alicyclic amines) is 1. The molecule has 0 bridgehead atoms. The van der Waals surface area contributed by atoms with Gasteiger partial charge in [-0.1, -0.05) is 13.0 Å². The lowest BCUT2D eigenvalue weighted by Gasteiger charge is -2.30. The first kappa shape index (κ1) is 20.9. The molecule has 2 N–H and O–H groups in total. The van der Waals surface area contributed by atoms with Gasteiger partial charge in [0, 0.05) is 25.8 Å². The van der Waals surface area contributed by atoms with E-state index in [1.54, 1.807) is 18.2 Å². The molecule has 0 aromatic heterocycles. The van der Waals surface area contributed by atoms with Gasteiger partial charge in [0.1, 0.15) is 0 Å². The number of hydrogen-bond donors (Lipinski definition) is 2. The summed E-state index contributed by atoms with van der Waals surface area (Å²) in [5.74, 6) is 0.803. The molecule has 1 heterocycles. The summed E-state index contributed by atoms with van der Waals surface area (Å²) >= 11 is 5.34. The largest absolute Gasteiger partial charge is 0.362 e. The lowest BCUT2D eigenvalue weighted by molar-refractivity contribution is 0.182. The van der Waals surface area contributed by atoms with Gasteiger partial charge in [-0.2, -0.15) is 0 Å². The Morgan fingerprint density at radius 2 is 2.19 bits per heavy atom. The molecule has 8 heteroatoms. The van der Waals surface area contributed by atoms with E-state index in [0.29, 0.717) is 10.8 Å².